The van der Waals surface area contributed by atoms with Crippen molar-refractivity contribution >= 4 is 11.6 Å². The third kappa shape index (κ3) is 3.97. The highest BCUT2D eigenvalue weighted by atomic mass is 16.6. The van der Waals surface area contributed by atoms with Gasteiger partial charge in [0.2, 0.25) is 0 Å². The Labute approximate surface area is 144 Å². The lowest BCUT2D eigenvalue weighted by Crippen LogP contribution is -2.31. The highest BCUT2D eigenvalue weighted by Gasteiger charge is 2.17. The van der Waals surface area contributed by atoms with Crippen LogP contribution in [0.2, 0.25) is 0 Å². The van der Waals surface area contributed by atoms with Crippen molar-refractivity contribution in [1.82, 2.24) is 15.3 Å². The fraction of sp³-hybridized carbons (Fsp3) is 0.353. The second-order valence-electron chi connectivity index (χ2n) is 5.86. The van der Waals surface area contributed by atoms with Gasteiger partial charge < -0.3 is 10.1 Å². The van der Waals surface area contributed by atoms with E-state index >= 15 is 0 Å². The molecule has 25 heavy (non-hydrogen) atoms. The normalized spacial score (nSPS) is 16.6. The average molecular weight is 342 g/mol. The van der Waals surface area contributed by atoms with Crippen molar-refractivity contribution in [3.8, 4) is 11.3 Å². The largest absolute Gasteiger partial charge is 0.376 e. The summed E-state index contributed by atoms with van der Waals surface area (Å²) < 4.78 is 5.47. The third-order valence-corrected chi connectivity index (χ3v) is 4.10. The van der Waals surface area contributed by atoms with Crippen molar-refractivity contribution in [3.05, 3.63) is 52.0 Å². The summed E-state index contributed by atoms with van der Waals surface area (Å²) in [6, 6.07) is 4.74. The van der Waals surface area contributed by atoms with E-state index in [9.17, 15) is 14.9 Å². The molecule has 1 unspecified atom stereocenters. The van der Waals surface area contributed by atoms with Gasteiger partial charge in [-0.05, 0) is 31.9 Å². The van der Waals surface area contributed by atoms with E-state index in [2.05, 4.69) is 15.3 Å². The van der Waals surface area contributed by atoms with E-state index in [1.807, 2.05) is 0 Å². The van der Waals surface area contributed by atoms with Gasteiger partial charge in [-0.1, -0.05) is 0 Å². The Bertz CT molecular complexity index is 786. The molecule has 8 heteroatoms. The molecule has 0 spiro atoms. The van der Waals surface area contributed by atoms with Crippen LogP contribution >= 0.6 is 0 Å². The van der Waals surface area contributed by atoms with Crippen LogP contribution in [-0.2, 0) is 4.74 Å². The number of hydrogen-bond acceptors (Lipinski definition) is 6. The zero-order valence-corrected chi connectivity index (χ0v) is 13.8. The van der Waals surface area contributed by atoms with Crippen molar-refractivity contribution in [2.45, 2.75) is 25.9 Å². The maximum atomic E-state index is 12.2. The molecule has 1 N–H and O–H groups in total. The molecular formula is C17H18N4O4. The summed E-state index contributed by atoms with van der Waals surface area (Å²) in [5, 5.41) is 13.7. The van der Waals surface area contributed by atoms with E-state index in [0.717, 1.165) is 19.4 Å². The molecule has 1 amide bonds. The summed E-state index contributed by atoms with van der Waals surface area (Å²) in [7, 11) is 0. The van der Waals surface area contributed by atoms with Crippen molar-refractivity contribution in [3.63, 3.8) is 0 Å². The molecule has 1 aliphatic rings. The monoisotopic (exact) mass is 342 g/mol. The minimum absolute atomic E-state index is 0.0785. The van der Waals surface area contributed by atoms with Crippen LogP contribution in [0.1, 0.15) is 28.9 Å². The van der Waals surface area contributed by atoms with Crippen LogP contribution in [0, 0.1) is 17.0 Å². The van der Waals surface area contributed by atoms with Crippen molar-refractivity contribution in [2.75, 3.05) is 13.2 Å². The molecule has 0 aliphatic carbocycles. The molecule has 2 aromatic heterocycles. The summed E-state index contributed by atoms with van der Waals surface area (Å²) in [5.41, 5.74) is 2.07. The number of nitro groups is 1. The van der Waals surface area contributed by atoms with Crippen LogP contribution in [0.25, 0.3) is 11.3 Å². The van der Waals surface area contributed by atoms with E-state index in [1.165, 1.54) is 18.5 Å². The number of hydrogen-bond donors (Lipinski definition) is 1. The van der Waals surface area contributed by atoms with Gasteiger partial charge in [0.1, 0.15) is 6.20 Å². The fourth-order valence-corrected chi connectivity index (χ4v) is 2.68. The van der Waals surface area contributed by atoms with Gasteiger partial charge in [0.25, 0.3) is 11.6 Å². The second kappa shape index (κ2) is 7.35. The number of ether oxygens (including phenoxy) is 1. The van der Waals surface area contributed by atoms with Crippen molar-refractivity contribution < 1.29 is 14.5 Å². The number of carbonyl (C=O) groups is 1. The van der Waals surface area contributed by atoms with Crippen LogP contribution in [-0.4, -0.2) is 40.1 Å². The SMILES string of the molecule is Cc1ncc([N+](=O)[O-])cc1-c1ccc(C(=O)NCC2CCCO2)cn1. The number of aromatic nitrogens is 2. The first-order valence-electron chi connectivity index (χ1n) is 8.02. The number of aryl methyl sites for hydroxylation is 1. The van der Waals surface area contributed by atoms with E-state index in [-0.39, 0.29) is 17.7 Å². The Morgan fingerprint density at radius 3 is 2.88 bits per heavy atom. The number of nitrogens with one attached hydrogen (secondary N) is 1. The van der Waals surface area contributed by atoms with Crippen LogP contribution in [0.5, 0.6) is 0 Å². The molecule has 0 bridgehead atoms. The second-order valence-corrected chi connectivity index (χ2v) is 5.86. The molecule has 0 radical (unpaired) electrons. The summed E-state index contributed by atoms with van der Waals surface area (Å²) in [5.74, 6) is -0.219. The van der Waals surface area contributed by atoms with Crippen LogP contribution < -0.4 is 5.32 Å². The van der Waals surface area contributed by atoms with E-state index in [4.69, 9.17) is 4.74 Å². The predicted molar refractivity (Wildman–Crippen MR) is 90.2 cm³/mol. The van der Waals surface area contributed by atoms with Gasteiger partial charge >= 0.3 is 0 Å². The first-order chi connectivity index (χ1) is 12.0. The molecule has 8 nitrogen and oxygen atoms in total. The van der Waals surface area contributed by atoms with Gasteiger partial charge in [-0.15, -0.1) is 0 Å². The lowest BCUT2D eigenvalue weighted by Gasteiger charge is -2.11. The van der Waals surface area contributed by atoms with Gasteiger partial charge in [0.15, 0.2) is 0 Å². The van der Waals surface area contributed by atoms with E-state index in [1.54, 1.807) is 19.1 Å². The molecule has 130 valence electrons. The Kier molecular flexibility index (Phi) is 4.99. The number of pyridine rings is 2. The van der Waals surface area contributed by atoms with Crippen molar-refractivity contribution in [1.29, 1.82) is 0 Å². The maximum Gasteiger partial charge on any atom is 0.288 e. The molecule has 1 fully saturated rings. The highest BCUT2D eigenvalue weighted by molar-refractivity contribution is 5.94. The summed E-state index contributed by atoms with van der Waals surface area (Å²) in [6.45, 7) is 2.98. The number of nitrogens with zero attached hydrogens (tertiary/aromatic N) is 3. The maximum absolute atomic E-state index is 12.2. The standard InChI is InChI=1S/C17H18N4O4/c1-11-15(7-13(9-18-11)21(23)24)16-5-4-12(8-19-16)17(22)20-10-14-3-2-6-25-14/h4-5,7-9,14H,2-3,6,10H2,1H3,(H,20,22). The minimum atomic E-state index is -0.497. The van der Waals surface area contributed by atoms with Gasteiger partial charge in [-0.25, -0.2) is 0 Å². The molecule has 0 saturated carbocycles. The first-order valence-corrected chi connectivity index (χ1v) is 8.02. The van der Waals surface area contributed by atoms with Crippen molar-refractivity contribution in [2.24, 2.45) is 0 Å². The summed E-state index contributed by atoms with van der Waals surface area (Å²) >= 11 is 0. The van der Waals surface area contributed by atoms with Gasteiger partial charge in [-0.3, -0.25) is 24.9 Å². The fourth-order valence-electron chi connectivity index (χ4n) is 2.68. The molecule has 1 atom stereocenters. The van der Waals surface area contributed by atoms with Crippen LogP contribution in [0.3, 0.4) is 0 Å². The molecule has 3 heterocycles. The quantitative estimate of drug-likeness (QED) is 0.660. The molecule has 0 aromatic carbocycles. The number of amides is 1. The zero-order valence-electron chi connectivity index (χ0n) is 13.8. The highest BCUT2D eigenvalue weighted by Crippen LogP contribution is 2.24. The average Bonchev–Trinajstić information content (AvgIpc) is 3.13. The zero-order chi connectivity index (χ0) is 17.8. The number of carbonyl (C=O) groups excluding carboxylic acids is 1. The first kappa shape index (κ1) is 17.0. The molecule has 2 aromatic rings. The Morgan fingerprint density at radius 1 is 1.40 bits per heavy atom. The minimum Gasteiger partial charge on any atom is -0.376 e. The van der Waals surface area contributed by atoms with Gasteiger partial charge in [0, 0.05) is 36.7 Å². The lowest BCUT2D eigenvalue weighted by atomic mass is 10.1. The predicted octanol–water partition coefficient (Wildman–Crippen LogP) is 2.27. The molecule has 1 saturated heterocycles. The lowest BCUT2D eigenvalue weighted by molar-refractivity contribution is -0.385. The van der Waals surface area contributed by atoms with Gasteiger partial charge in [-0.2, -0.15) is 0 Å². The van der Waals surface area contributed by atoms with Crippen LogP contribution in [0.4, 0.5) is 5.69 Å². The topological polar surface area (TPSA) is 107 Å². The Morgan fingerprint density at radius 2 is 2.24 bits per heavy atom. The van der Waals surface area contributed by atoms with E-state index < -0.39 is 4.92 Å². The molecule has 1 aliphatic heterocycles. The molecular weight excluding hydrogens is 324 g/mol. The third-order valence-electron chi connectivity index (χ3n) is 4.10. The van der Waals surface area contributed by atoms with E-state index in [0.29, 0.717) is 29.1 Å². The summed E-state index contributed by atoms with van der Waals surface area (Å²) in [6.07, 6.45) is 4.73. The summed E-state index contributed by atoms with van der Waals surface area (Å²) in [4.78, 5) is 30.8. The Balaban J connectivity index is 1.72. The van der Waals surface area contributed by atoms with Gasteiger partial charge in [0.05, 0.1) is 22.3 Å². The smallest absolute Gasteiger partial charge is 0.288 e. The Hall–Kier alpha value is -2.87. The van der Waals surface area contributed by atoms with Crippen LogP contribution in [0.15, 0.2) is 30.6 Å². The number of rotatable bonds is 5. The molecule has 3 rings (SSSR count).